The van der Waals surface area contributed by atoms with Crippen LogP contribution < -0.4 is 10.1 Å². The van der Waals surface area contributed by atoms with Crippen LogP contribution in [0.25, 0.3) is 0 Å². The van der Waals surface area contributed by atoms with Gasteiger partial charge in [-0.2, -0.15) is 0 Å². The lowest BCUT2D eigenvalue weighted by Crippen LogP contribution is -1.91. The van der Waals surface area contributed by atoms with Crippen LogP contribution in [-0.2, 0) is 0 Å². The minimum atomic E-state index is 0.392. The van der Waals surface area contributed by atoms with Gasteiger partial charge >= 0.3 is 0 Å². The van der Waals surface area contributed by atoms with Crippen LogP contribution >= 0.6 is 11.6 Å². The van der Waals surface area contributed by atoms with Gasteiger partial charge in [0.1, 0.15) is 5.75 Å². The van der Waals surface area contributed by atoms with E-state index in [-0.39, 0.29) is 0 Å². The molecule has 0 fully saturated rings. The standard InChI is InChI=1S/C9H10ClNO/c1-7(10)11-8-4-3-5-9(6-8)12-2/h3-6,11H,1H2,2H3. The second-order valence-corrected chi connectivity index (χ2v) is 2.72. The normalized spacial score (nSPS) is 9.17. The number of methoxy groups -OCH3 is 1. The van der Waals surface area contributed by atoms with E-state index in [0.29, 0.717) is 5.16 Å². The van der Waals surface area contributed by atoms with E-state index in [4.69, 9.17) is 16.3 Å². The number of hydrogen-bond donors (Lipinski definition) is 1. The summed E-state index contributed by atoms with van der Waals surface area (Å²) in [5.74, 6) is 0.790. The molecule has 0 aliphatic rings. The van der Waals surface area contributed by atoms with Crippen LogP contribution in [-0.4, -0.2) is 7.11 Å². The summed E-state index contributed by atoms with van der Waals surface area (Å²) in [5.41, 5.74) is 0.870. The molecule has 0 aliphatic heterocycles. The van der Waals surface area contributed by atoms with Gasteiger partial charge in [-0.25, -0.2) is 0 Å². The van der Waals surface area contributed by atoms with Gasteiger partial charge in [-0.1, -0.05) is 24.2 Å². The molecule has 1 aromatic carbocycles. The Bertz CT molecular complexity index is 286. The third-order valence-electron chi connectivity index (χ3n) is 1.35. The lowest BCUT2D eigenvalue weighted by molar-refractivity contribution is 0.415. The maximum Gasteiger partial charge on any atom is 0.120 e. The van der Waals surface area contributed by atoms with E-state index in [1.807, 2.05) is 24.3 Å². The summed E-state index contributed by atoms with van der Waals surface area (Å²) in [4.78, 5) is 0. The maximum absolute atomic E-state index is 5.56. The molecular formula is C9H10ClNO. The van der Waals surface area contributed by atoms with Gasteiger partial charge in [0, 0.05) is 11.8 Å². The second-order valence-electron chi connectivity index (χ2n) is 2.26. The van der Waals surface area contributed by atoms with Crippen molar-refractivity contribution < 1.29 is 4.74 Å². The zero-order valence-corrected chi connectivity index (χ0v) is 7.56. The summed E-state index contributed by atoms with van der Waals surface area (Å²) >= 11 is 5.56. The molecule has 0 spiro atoms. The number of rotatable bonds is 3. The van der Waals surface area contributed by atoms with Crippen LogP contribution in [0.4, 0.5) is 5.69 Å². The average Bonchev–Trinajstić information content (AvgIpc) is 2.03. The minimum Gasteiger partial charge on any atom is -0.497 e. The molecule has 0 radical (unpaired) electrons. The van der Waals surface area contributed by atoms with Gasteiger partial charge < -0.3 is 10.1 Å². The molecule has 0 unspecified atom stereocenters. The van der Waals surface area contributed by atoms with Gasteiger partial charge in [0.15, 0.2) is 0 Å². The highest BCUT2D eigenvalue weighted by molar-refractivity contribution is 6.30. The zero-order valence-electron chi connectivity index (χ0n) is 6.80. The molecule has 0 aromatic heterocycles. The van der Waals surface area contributed by atoms with Crippen molar-refractivity contribution >= 4 is 17.3 Å². The highest BCUT2D eigenvalue weighted by Crippen LogP contribution is 2.18. The largest absolute Gasteiger partial charge is 0.497 e. The molecular weight excluding hydrogens is 174 g/mol. The molecule has 1 rings (SSSR count). The Morgan fingerprint density at radius 3 is 2.92 bits per heavy atom. The fourth-order valence-corrected chi connectivity index (χ4v) is 0.967. The number of hydrogen-bond acceptors (Lipinski definition) is 2. The molecule has 12 heavy (non-hydrogen) atoms. The van der Waals surface area contributed by atoms with E-state index in [0.717, 1.165) is 11.4 Å². The predicted octanol–water partition coefficient (Wildman–Crippen LogP) is 2.82. The molecule has 0 bridgehead atoms. The Labute approximate surface area is 76.8 Å². The Kier molecular flexibility index (Phi) is 3.00. The fraction of sp³-hybridized carbons (Fsp3) is 0.111. The fourth-order valence-electron chi connectivity index (χ4n) is 0.857. The number of ether oxygens (including phenoxy) is 1. The van der Waals surface area contributed by atoms with Gasteiger partial charge in [0.25, 0.3) is 0 Å². The van der Waals surface area contributed by atoms with Crippen LogP contribution in [0.3, 0.4) is 0 Å². The van der Waals surface area contributed by atoms with Crippen molar-refractivity contribution in [2.45, 2.75) is 0 Å². The van der Waals surface area contributed by atoms with Crippen LogP contribution in [0.5, 0.6) is 5.75 Å². The Balaban J connectivity index is 2.79. The second kappa shape index (κ2) is 4.02. The van der Waals surface area contributed by atoms with Crippen molar-refractivity contribution in [3.63, 3.8) is 0 Å². The van der Waals surface area contributed by atoms with E-state index < -0.39 is 0 Å². The first-order chi connectivity index (χ1) is 5.72. The number of anilines is 1. The highest BCUT2D eigenvalue weighted by atomic mass is 35.5. The third kappa shape index (κ3) is 2.47. The van der Waals surface area contributed by atoms with Crippen LogP contribution in [0, 0.1) is 0 Å². The number of benzene rings is 1. The van der Waals surface area contributed by atoms with Gasteiger partial charge in [0.05, 0.1) is 12.3 Å². The van der Waals surface area contributed by atoms with Gasteiger partial charge in [0.2, 0.25) is 0 Å². The summed E-state index contributed by atoms with van der Waals surface area (Å²) in [6, 6.07) is 7.47. The highest BCUT2D eigenvalue weighted by Gasteiger charge is 1.94. The maximum atomic E-state index is 5.56. The molecule has 3 heteroatoms. The molecule has 64 valence electrons. The molecule has 0 saturated heterocycles. The van der Waals surface area contributed by atoms with Crippen molar-refractivity contribution in [2.24, 2.45) is 0 Å². The lowest BCUT2D eigenvalue weighted by atomic mass is 10.3. The van der Waals surface area contributed by atoms with E-state index in [1.54, 1.807) is 7.11 Å². The van der Waals surface area contributed by atoms with E-state index in [1.165, 1.54) is 0 Å². The predicted molar refractivity (Wildman–Crippen MR) is 51.6 cm³/mol. The first-order valence-corrected chi connectivity index (χ1v) is 3.85. The molecule has 0 atom stereocenters. The van der Waals surface area contributed by atoms with E-state index in [9.17, 15) is 0 Å². The number of halogens is 1. The van der Waals surface area contributed by atoms with Crippen LogP contribution in [0.1, 0.15) is 0 Å². The third-order valence-corrected chi connectivity index (χ3v) is 1.44. The first kappa shape index (κ1) is 8.94. The average molecular weight is 184 g/mol. The Morgan fingerprint density at radius 1 is 1.58 bits per heavy atom. The van der Waals surface area contributed by atoms with Gasteiger partial charge in [-0.05, 0) is 12.1 Å². The molecule has 0 aliphatic carbocycles. The summed E-state index contributed by atoms with van der Waals surface area (Å²) in [7, 11) is 1.62. The Morgan fingerprint density at radius 2 is 2.33 bits per heavy atom. The summed E-state index contributed by atoms with van der Waals surface area (Å²) < 4.78 is 5.02. The molecule has 1 aromatic rings. The lowest BCUT2D eigenvalue weighted by Gasteiger charge is -2.05. The molecule has 1 N–H and O–H groups in total. The Hall–Kier alpha value is -1.15. The van der Waals surface area contributed by atoms with Crippen molar-refractivity contribution in [3.8, 4) is 5.75 Å². The summed E-state index contributed by atoms with van der Waals surface area (Å²) in [5, 5.41) is 3.26. The van der Waals surface area contributed by atoms with Crippen molar-refractivity contribution in [1.82, 2.24) is 0 Å². The van der Waals surface area contributed by atoms with E-state index >= 15 is 0 Å². The quantitative estimate of drug-likeness (QED) is 0.728. The topological polar surface area (TPSA) is 21.3 Å². The van der Waals surface area contributed by atoms with Gasteiger partial charge in [-0.3, -0.25) is 0 Å². The monoisotopic (exact) mass is 183 g/mol. The molecule has 0 saturated carbocycles. The first-order valence-electron chi connectivity index (χ1n) is 3.48. The molecule has 0 amide bonds. The van der Waals surface area contributed by atoms with Crippen molar-refractivity contribution in [3.05, 3.63) is 36.0 Å². The smallest absolute Gasteiger partial charge is 0.120 e. The van der Waals surface area contributed by atoms with Crippen LogP contribution in [0.15, 0.2) is 36.0 Å². The molecule has 2 nitrogen and oxygen atoms in total. The summed E-state index contributed by atoms with van der Waals surface area (Å²) in [6.45, 7) is 3.52. The van der Waals surface area contributed by atoms with E-state index in [2.05, 4.69) is 11.9 Å². The minimum absolute atomic E-state index is 0.392. The van der Waals surface area contributed by atoms with Crippen LogP contribution in [0.2, 0.25) is 0 Å². The van der Waals surface area contributed by atoms with Crippen molar-refractivity contribution in [2.75, 3.05) is 12.4 Å². The SMILES string of the molecule is C=C(Cl)Nc1cccc(OC)c1. The molecule has 0 heterocycles. The summed E-state index contributed by atoms with van der Waals surface area (Å²) in [6.07, 6.45) is 0. The van der Waals surface area contributed by atoms with Crippen molar-refractivity contribution in [1.29, 1.82) is 0 Å². The number of nitrogens with one attached hydrogen (secondary N) is 1. The van der Waals surface area contributed by atoms with Gasteiger partial charge in [-0.15, -0.1) is 0 Å². The zero-order chi connectivity index (χ0) is 8.97.